The molecule has 0 spiro atoms. The number of aliphatic carboxylic acids is 1. The lowest BCUT2D eigenvalue weighted by Crippen LogP contribution is -2.21. The van der Waals surface area contributed by atoms with Gasteiger partial charge in [0, 0.05) is 6.07 Å². The first-order valence-electron chi connectivity index (χ1n) is 4.17. The van der Waals surface area contributed by atoms with Crippen molar-refractivity contribution in [1.82, 2.24) is 0 Å². The maximum absolute atomic E-state index is 12.7. The maximum Gasteiger partial charge on any atom is 0.378 e. The van der Waals surface area contributed by atoms with Gasteiger partial charge in [-0.25, -0.2) is 4.79 Å². The van der Waals surface area contributed by atoms with E-state index >= 15 is 0 Å². The van der Waals surface area contributed by atoms with E-state index < -0.39 is 28.7 Å². The van der Waals surface area contributed by atoms with Crippen molar-refractivity contribution >= 4 is 11.7 Å². The number of carbonyl (C=O) groups is 1. The van der Waals surface area contributed by atoms with Crippen LogP contribution in [0.15, 0.2) is 18.2 Å². The molecule has 0 aromatic heterocycles. The monoisotopic (exact) mass is 240 g/mol. The van der Waals surface area contributed by atoms with E-state index in [0.29, 0.717) is 0 Å². The fourth-order valence-corrected chi connectivity index (χ4v) is 0.991. The van der Waals surface area contributed by atoms with E-state index in [4.69, 9.17) is 10.4 Å². The number of hydrogen-bond acceptors (Lipinski definition) is 5. The van der Waals surface area contributed by atoms with Crippen molar-refractivity contribution in [3.63, 3.8) is 0 Å². The highest BCUT2D eigenvalue weighted by molar-refractivity contribution is 5.71. The molecule has 0 bridgehead atoms. The molecule has 0 amide bonds. The Morgan fingerprint density at radius 2 is 2.29 bits per heavy atom. The van der Waals surface area contributed by atoms with Gasteiger partial charge in [-0.3, -0.25) is 10.1 Å². The zero-order valence-corrected chi connectivity index (χ0v) is 8.16. The average Bonchev–Trinajstić information content (AvgIpc) is 2.29. The van der Waals surface area contributed by atoms with Gasteiger partial charge >= 0.3 is 18.0 Å². The lowest BCUT2D eigenvalue weighted by atomic mass is 10.2. The highest BCUT2D eigenvalue weighted by atomic mass is 19.1. The highest BCUT2D eigenvalue weighted by Gasteiger charge is 2.23. The van der Waals surface area contributed by atoms with Gasteiger partial charge in [-0.05, 0) is 12.1 Å². The molecule has 1 unspecified atom stereocenters. The summed E-state index contributed by atoms with van der Waals surface area (Å²) in [6.07, 6.45) is -2.71. The summed E-state index contributed by atoms with van der Waals surface area (Å²) in [5, 5.41) is 27.4. The van der Waals surface area contributed by atoms with Gasteiger partial charge in [-0.1, -0.05) is 0 Å². The standard InChI is InChI=1S/C9H5FN2O5/c10-8(9(13)14)17-7-2-1-5(4-11)3-6(7)12(15)16/h1-3,8H,(H,13,14). The minimum absolute atomic E-state index is 0.0187. The van der Waals surface area contributed by atoms with Crippen molar-refractivity contribution < 1.29 is 24.0 Å². The molecule has 8 heteroatoms. The summed E-state index contributed by atoms with van der Waals surface area (Å²) in [4.78, 5) is 19.9. The van der Waals surface area contributed by atoms with Crippen molar-refractivity contribution in [1.29, 1.82) is 5.26 Å². The summed E-state index contributed by atoms with van der Waals surface area (Å²) in [5.74, 6) is -2.45. The van der Waals surface area contributed by atoms with Gasteiger partial charge < -0.3 is 9.84 Å². The van der Waals surface area contributed by atoms with Crippen molar-refractivity contribution in [2.45, 2.75) is 6.36 Å². The summed E-state index contributed by atoms with van der Waals surface area (Å²) in [5.41, 5.74) is -0.692. The molecular weight excluding hydrogens is 235 g/mol. The average molecular weight is 240 g/mol. The Kier molecular flexibility index (Phi) is 3.56. The third-order valence-electron chi connectivity index (χ3n) is 1.71. The second-order valence-electron chi connectivity index (χ2n) is 2.82. The van der Waals surface area contributed by atoms with Crippen LogP contribution in [0.3, 0.4) is 0 Å². The molecule has 1 aromatic rings. The molecule has 1 rings (SSSR count). The minimum Gasteiger partial charge on any atom is -0.476 e. The Labute approximate surface area is 93.8 Å². The number of halogens is 1. The molecule has 0 radical (unpaired) electrons. The van der Waals surface area contributed by atoms with E-state index in [-0.39, 0.29) is 5.56 Å². The van der Waals surface area contributed by atoms with Crippen LogP contribution in [-0.2, 0) is 4.79 Å². The topological polar surface area (TPSA) is 113 Å². The number of nitro groups is 1. The number of nitriles is 1. The van der Waals surface area contributed by atoms with Crippen LogP contribution in [0, 0.1) is 21.4 Å². The van der Waals surface area contributed by atoms with Crippen LogP contribution >= 0.6 is 0 Å². The van der Waals surface area contributed by atoms with E-state index in [1.165, 1.54) is 0 Å². The Morgan fingerprint density at radius 3 is 2.76 bits per heavy atom. The molecule has 7 nitrogen and oxygen atoms in total. The van der Waals surface area contributed by atoms with Crippen LogP contribution in [0.2, 0.25) is 0 Å². The Morgan fingerprint density at radius 1 is 1.65 bits per heavy atom. The van der Waals surface area contributed by atoms with Gasteiger partial charge in [0.15, 0.2) is 0 Å². The first-order valence-corrected chi connectivity index (χ1v) is 4.17. The second-order valence-corrected chi connectivity index (χ2v) is 2.82. The van der Waals surface area contributed by atoms with Gasteiger partial charge in [-0.2, -0.15) is 9.65 Å². The molecule has 1 atom stereocenters. The van der Waals surface area contributed by atoms with E-state index in [1.807, 2.05) is 0 Å². The van der Waals surface area contributed by atoms with Crippen LogP contribution in [0.1, 0.15) is 5.56 Å². The predicted octanol–water partition coefficient (Wildman–Crippen LogP) is 1.23. The van der Waals surface area contributed by atoms with Gasteiger partial charge in [-0.15, -0.1) is 0 Å². The number of rotatable bonds is 4. The smallest absolute Gasteiger partial charge is 0.378 e. The number of carboxylic acids is 1. The molecular formula is C9H5FN2O5. The third kappa shape index (κ3) is 2.88. The number of benzene rings is 1. The zero-order valence-electron chi connectivity index (χ0n) is 8.16. The lowest BCUT2D eigenvalue weighted by Gasteiger charge is -2.07. The number of nitro benzene ring substituents is 1. The van der Waals surface area contributed by atoms with Crippen molar-refractivity contribution in [2.24, 2.45) is 0 Å². The normalized spacial score (nSPS) is 11.3. The van der Waals surface area contributed by atoms with E-state index in [0.717, 1.165) is 18.2 Å². The minimum atomic E-state index is -2.71. The summed E-state index contributed by atoms with van der Waals surface area (Å²) in [7, 11) is 0. The van der Waals surface area contributed by atoms with Gasteiger partial charge in [0.05, 0.1) is 16.6 Å². The highest BCUT2D eigenvalue weighted by Crippen LogP contribution is 2.28. The molecule has 1 N–H and O–H groups in total. The zero-order chi connectivity index (χ0) is 13.0. The molecule has 0 aliphatic heterocycles. The van der Waals surface area contributed by atoms with E-state index in [9.17, 15) is 19.3 Å². The fraction of sp³-hybridized carbons (Fsp3) is 0.111. The number of alkyl halides is 1. The van der Waals surface area contributed by atoms with Crippen LogP contribution in [0.5, 0.6) is 5.75 Å². The maximum atomic E-state index is 12.7. The number of carboxylic acid groups (broad SMARTS) is 1. The Bertz CT molecular complexity index is 511. The third-order valence-corrected chi connectivity index (χ3v) is 1.71. The quantitative estimate of drug-likeness (QED) is 0.625. The van der Waals surface area contributed by atoms with E-state index in [1.54, 1.807) is 6.07 Å². The summed E-state index contributed by atoms with van der Waals surface area (Å²) in [6.45, 7) is 0. The van der Waals surface area contributed by atoms with Crippen molar-refractivity contribution in [3.05, 3.63) is 33.9 Å². The fourth-order valence-electron chi connectivity index (χ4n) is 0.991. The lowest BCUT2D eigenvalue weighted by molar-refractivity contribution is -0.386. The molecule has 88 valence electrons. The van der Waals surface area contributed by atoms with Crippen LogP contribution in [0.25, 0.3) is 0 Å². The molecule has 1 aromatic carbocycles. The van der Waals surface area contributed by atoms with Crippen molar-refractivity contribution in [3.8, 4) is 11.8 Å². The molecule has 0 heterocycles. The first-order chi connectivity index (χ1) is 7.95. The molecule has 0 fully saturated rings. The second kappa shape index (κ2) is 4.89. The molecule has 0 aliphatic carbocycles. The molecule has 17 heavy (non-hydrogen) atoms. The number of ether oxygens (including phenoxy) is 1. The number of hydrogen-bond donors (Lipinski definition) is 1. The van der Waals surface area contributed by atoms with Gasteiger partial charge in [0.2, 0.25) is 5.75 Å². The summed E-state index contributed by atoms with van der Waals surface area (Å²) in [6, 6.07) is 4.63. The summed E-state index contributed by atoms with van der Waals surface area (Å²) < 4.78 is 17.0. The van der Waals surface area contributed by atoms with Gasteiger partial charge in [0.1, 0.15) is 0 Å². The van der Waals surface area contributed by atoms with Crippen molar-refractivity contribution in [2.75, 3.05) is 0 Å². The number of nitrogens with zero attached hydrogens (tertiary/aromatic N) is 2. The molecule has 0 saturated carbocycles. The Balaban J connectivity index is 3.12. The van der Waals surface area contributed by atoms with Crippen LogP contribution < -0.4 is 4.74 Å². The largest absolute Gasteiger partial charge is 0.476 e. The van der Waals surface area contributed by atoms with Crippen LogP contribution in [-0.4, -0.2) is 22.4 Å². The molecule has 0 saturated heterocycles. The summed E-state index contributed by atoms with van der Waals surface area (Å²) >= 11 is 0. The molecule has 0 aliphatic rings. The Hall–Kier alpha value is -2.69. The predicted molar refractivity (Wildman–Crippen MR) is 51.0 cm³/mol. The SMILES string of the molecule is N#Cc1ccc(OC(F)C(=O)O)c([N+](=O)[O-])c1. The van der Waals surface area contributed by atoms with Crippen LogP contribution in [0.4, 0.5) is 10.1 Å². The van der Waals surface area contributed by atoms with E-state index in [2.05, 4.69) is 4.74 Å². The first kappa shape index (κ1) is 12.4. The van der Waals surface area contributed by atoms with Gasteiger partial charge in [0.25, 0.3) is 0 Å².